The van der Waals surface area contributed by atoms with Gasteiger partial charge in [-0.25, -0.2) is 0 Å². The van der Waals surface area contributed by atoms with E-state index in [1.807, 2.05) is 6.92 Å². The Balaban J connectivity index is 0.00000312. The van der Waals surface area contributed by atoms with E-state index in [0.29, 0.717) is 12.3 Å². The molecule has 4 nitrogen and oxygen atoms in total. The van der Waals surface area contributed by atoms with E-state index in [2.05, 4.69) is 10.6 Å². The van der Waals surface area contributed by atoms with Gasteiger partial charge in [0.15, 0.2) is 6.61 Å². The van der Waals surface area contributed by atoms with E-state index in [1.165, 1.54) is 12.1 Å². The fraction of sp³-hybridized carbons (Fsp3) is 0.588. The van der Waals surface area contributed by atoms with Crippen LogP contribution in [-0.2, 0) is 4.79 Å². The lowest BCUT2D eigenvalue weighted by molar-refractivity contribution is -0.153. The van der Waals surface area contributed by atoms with Crippen LogP contribution in [0.15, 0.2) is 24.3 Å². The van der Waals surface area contributed by atoms with Gasteiger partial charge in [-0.2, -0.15) is 13.2 Å². The second kappa shape index (κ2) is 9.87. The van der Waals surface area contributed by atoms with Crippen LogP contribution in [0, 0.1) is 11.8 Å². The van der Waals surface area contributed by atoms with Crippen molar-refractivity contribution in [3.63, 3.8) is 0 Å². The van der Waals surface area contributed by atoms with Crippen molar-refractivity contribution in [1.82, 2.24) is 5.32 Å². The van der Waals surface area contributed by atoms with E-state index in [-0.39, 0.29) is 35.7 Å². The molecule has 0 saturated carbocycles. The van der Waals surface area contributed by atoms with Gasteiger partial charge in [-0.1, -0.05) is 19.1 Å². The minimum absolute atomic E-state index is 0. The van der Waals surface area contributed by atoms with E-state index in [0.717, 1.165) is 25.9 Å². The number of carbonyl (C=O) groups excluding carboxylic acids is 1. The molecular formula is C17H24ClF3N2O2. The Morgan fingerprint density at radius 1 is 1.40 bits per heavy atom. The van der Waals surface area contributed by atoms with Crippen LogP contribution in [0.4, 0.5) is 18.9 Å². The lowest BCUT2D eigenvalue weighted by Gasteiger charge is -2.28. The summed E-state index contributed by atoms with van der Waals surface area (Å²) in [7, 11) is 0. The second-order valence-corrected chi connectivity index (χ2v) is 6.24. The second-order valence-electron chi connectivity index (χ2n) is 6.24. The molecule has 0 aromatic heterocycles. The monoisotopic (exact) mass is 380 g/mol. The predicted molar refractivity (Wildman–Crippen MR) is 93.2 cm³/mol. The molecule has 1 heterocycles. The third-order valence-corrected chi connectivity index (χ3v) is 4.20. The molecule has 142 valence electrons. The van der Waals surface area contributed by atoms with Crippen molar-refractivity contribution in [2.45, 2.75) is 32.4 Å². The van der Waals surface area contributed by atoms with Crippen molar-refractivity contribution >= 4 is 24.0 Å². The zero-order valence-electron chi connectivity index (χ0n) is 14.1. The minimum atomic E-state index is -4.42. The zero-order valence-corrected chi connectivity index (χ0v) is 14.9. The fourth-order valence-corrected chi connectivity index (χ4v) is 2.88. The number of carbonyl (C=O) groups is 1. The van der Waals surface area contributed by atoms with Gasteiger partial charge in [0.05, 0.1) is 5.69 Å². The highest BCUT2D eigenvalue weighted by molar-refractivity contribution is 5.92. The molecule has 0 spiro atoms. The topological polar surface area (TPSA) is 50.4 Å². The molecule has 8 heteroatoms. The highest BCUT2D eigenvalue weighted by Gasteiger charge is 2.29. The van der Waals surface area contributed by atoms with Gasteiger partial charge in [0.2, 0.25) is 5.91 Å². The summed E-state index contributed by atoms with van der Waals surface area (Å²) < 4.78 is 41.7. The van der Waals surface area contributed by atoms with Crippen molar-refractivity contribution < 1.29 is 22.7 Å². The van der Waals surface area contributed by atoms with Crippen LogP contribution < -0.4 is 15.4 Å². The normalized spacial score (nSPS) is 18.8. The van der Waals surface area contributed by atoms with Crippen LogP contribution in [0.1, 0.15) is 26.2 Å². The Bertz CT molecular complexity index is 549. The lowest BCUT2D eigenvalue weighted by atomic mass is 9.85. The lowest BCUT2D eigenvalue weighted by Crippen LogP contribution is -2.34. The van der Waals surface area contributed by atoms with Gasteiger partial charge in [0.1, 0.15) is 5.75 Å². The average Bonchev–Trinajstić information content (AvgIpc) is 2.54. The number of alkyl halides is 3. The van der Waals surface area contributed by atoms with Crippen LogP contribution >= 0.6 is 12.4 Å². The van der Waals surface area contributed by atoms with E-state index in [1.54, 1.807) is 12.1 Å². The number of piperidine rings is 1. The highest BCUT2D eigenvalue weighted by Crippen LogP contribution is 2.28. The first kappa shape index (κ1) is 21.6. The van der Waals surface area contributed by atoms with E-state index >= 15 is 0 Å². The molecule has 0 radical (unpaired) electrons. The Labute approximate surface area is 151 Å². The summed E-state index contributed by atoms with van der Waals surface area (Å²) in [4.78, 5) is 12.2. The minimum Gasteiger partial charge on any atom is -0.482 e. The van der Waals surface area contributed by atoms with Gasteiger partial charge in [-0.05, 0) is 49.9 Å². The summed E-state index contributed by atoms with van der Waals surface area (Å²) >= 11 is 0. The third kappa shape index (κ3) is 7.52. The number of benzene rings is 1. The van der Waals surface area contributed by atoms with Crippen molar-refractivity contribution in [3.05, 3.63) is 24.3 Å². The number of nitrogens with one attached hydrogen (secondary N) is 2. The number of rotatable bonds is 6. The maximum atomic E-state index is 12.3. The summed E-state index contributed by atoms with van der Waals surface area (Å²) in [6.07, 6.45) is -1.89. The molecule has 1 aliphatic rings. The zero-order chi connectivity index (χ0) is 17.6. The molecule has 25 heavy (non-hydrogen) atoms. The highest BCUT2D eigenvalue weighted by atomic mass is 35.5. The van der Waals surface area contributed by atoms with Crippen LogP contribution in [0.2, 0.25) is 0 Å². The molecule has 1 aromatic carbocycles. The molecule has 1 aromatic rings. The van der Waals surface area contributed by atoms with Gasteiger partial charge in [0.25, 0.3) is 0 Å². The van der Waals surface area contributed by atoms with E-state index < -0.39 is 12.8 Å². The first-order valence-corrected chi connectivity index (χ1v) is 8.14. The van der Waals surface area contributed by atoms with E-state index in [4.69, 9.17) is 4.74 Å². The fourth-order valence-electron chi connectivity index (χ4n) is 2.88. The molecule has 2 N–H and O–H groups in total. The van der Waals surface area contributed by atoms with Gasteiger partial charge in [0, 0.05) is 6.42 Å². The van der Waals surface area contributed by atoms with Crippen LogP contribution in [-0.4, -0.2) is 31.8 Å². The summed E-state index contributed by atoms with van der Waals surface area (Å²) in [5.41, 5.74) is 0.265. The molecule has 0 aliphatic carbocycles. The maximum absolute atomic E-state index is 12.3. The summed E-state index contributed by atoms with van der Waals surface area (Å²) in [5, 5.41) is 5.99. The Morgan fingerprint density at radius 2 is 2.12 bits per heavy atom. The maximum Gasteiger partial charge on any atom is 0.422 e. The Morgan fingerprint density at radius 3 is 2.76 bits per heavy atom. The number of para-hydroxylation sites is 2. The molecule has 1 aliphatic heterocycles. The Hall–Kier alpha value is -1.47. The standard InChI is InChI=1S/C17H23F3N2O2.ClH/c1-12(13-5-4-8-21-10-13)9-16(23)22-14-6-2-3-7-15(14)24-11-17(18,19)20;/h2-3,6-7,12-13,21H,4-5,8-11H2,1H3,(H,22,23);1H. The first-order valence-electron chi connectivity index (χ1n) is 8.14. The molecule has 1 fully saturated rings. The smallest absolute Gasteiger partial charge is 0.422 e. The molecule has 0 bridgehead atoms. The number of hydrogen-bond donors (Lipinski definition) is 2. The van der Waals surface area contributed by atoms with Crippen molar-refractivity contribution in [2.24, 2.45) is 11.8 Å². The molecule has 1 saturated heterocycles. The molecule has 2 atom stereocenters. The number of hydrogen-bond acceptors (Lipinski definition) is 3. The van der Waals surface area contributed by atoms with Gasteiger partial charge in [-0.15, -0.1) is 12.4 Å². The summed E-state index contributed by atoms with van der Waals surface area (Å²) in [6.45, 7) is 2.56. The van der Waals surface area contributed by atoms with Crippen molar-refractivity contribution in [1.29, 1.82) is 0 Å². The van der Waals surface area contributed by atoms with Gasteiger partial charge >= 0.3 is 6.18 Å². The molecular weight excluding hydrogens is 357 g/mol. The molecule has 2 rings (SSSR count). The van der Waals surface area contributed by atoms with Crippen LogP contribution in [0.5, 0.6) is 5.75 Å². The first-order chi connectivity index (χ1) is 11.3. The number of amides is 1. The number of halogens is 4. The van der Waals surface area contributed by atoms with E-state index in [9.17, 15) is 18.0 Å². The SMILES string of the molecule is CC(CC(=O)Nc1ccccc1OCC(F)(F)F)C1CCCNC1.Cl. The predicted octanol–water partition coefficient (Wildman–Crippen LogP) is 4.01. The third-order valence-electron chi connectivity index (χ3n) is 4.20. The Kier molecular flexibility index (Phi) is 8.52. The largest absolute Gasteiger partial charge is 0.482 e. The summed E-state index contributed by atoms with van der Waals surface area (Å²) in [5.74, 6) is 0.466. The summed E-state index contributed by atoms with van der Waals surface area (Å²) in [6, 6.07) is 6.16. The number of anilines is 1. The molecule has 1 amide bonds. The van der Waals surface area contributed by atoms with Crippen molar-refractivity contribution in [2.75, 3.05) is 25.0 Å². The van der Waals surface area contributed by atoms with Crippen molar-refractivity contribution in [3.8, 4) is 5.75 Å². The van der Waals surface area contributed by atoms with Gasteiger partial charge in [-0.3, -0.25) is 4.79 Å². The molecule has 2 unspecified atom stereocenters. The average molecular weight is 381 g/mol. The van der Waals surface area contributed by atoms with Crippen LogP contribution in [0.3, 0.4) is 0 Å². The van der Waals surface area contributed by atoms with Gasteiger partial charge < -0.3 is 15.4 Å². The van der Waals surface area contributed by atoms with Crippen LogP contribution in [0.25, 0.3) is 0 Å². The number of ether oxygens (including phenoxy) is 1. The quantitative estimate of drug-likeness (QED) is 0.783.